The van der Waals surface area contributed by atoms with Gasteiger partial charge in [-0.2, -0.15) is 0 Å². The van der Waals surface area contributed by atoms with E-state index in [9.17, 15) is 9.59 Å². The summed E-state index contributed by atoms with van der Waals surface area (Å²) in [5.41, 5.74) is 1.89. The summed E-state index contributed by atoms with van der Waals surface area (Å²) in [4.78, 5) is 25.2. The average molecular weight is 427 g/mol. The SMILES string of the molecule is CC(C)(C)OC(=O)N[C@@H](Cc1cccc(C2OCCO2)c1)C(=O)OCc1ccccc1. The van der Waals surface area contributed by atoms with Gasteiger partial charge in [-0.15, -0.1) is 0 Å². The molecule has 31 heavy (non-hydrogen) atoms. The van der Waals surface area contributed by atoms with Gasteiger partial charge in [-0.05, 0) is 31.9 Å². The van der Waals surface area contributed by atoms with Crippen LogP contribution in [0.15, 0.2) is 54.6 Å². The summed E-state index contributed by atoms with van der Waals surface area (Å²) in [6.07, 6.45) is -0.844. The molecule has 0 aromatic heterocycles. The van der Waals surface area contributed by atoms with E-state index in [1.807, 2.05) is 54.6 Å². The molecule has 7 heteroatoms. The number of ether oxygens (including phenoxy) is 4. The maximum atomic E-state index is 12.8. The second kappa shape index (κ2) is 10.4. The van der Waals surface area contributed by atoms with E-state index in [4.69, 9.17) is 18.9 Å². The predicted molar refractivity (Wildman–Crippen MR) is 114 cm³/mol. The molecule has 2 aromatic carbocycles. The van der Waals surface area contributed by atoms with Crippen molar-refractivity contribution in [3.05, 3.63) is 71.3 Å². The Morgan fingerprint density at radius 3 is 2.39 bits per heavy atom. The van der Waals surface area contributed by atoms with Crippen LogP contribution in [0.1, 0.15) is 43.8 Å². The van der Waals surface area contributed by atoms with Crippen molar-refractivity contribution < 1.29 is 28.5 Å². The van der Waals surface area contributed by atoms with Gasteiger partial charge in [-0.3, -0.25) is 0 Å². The number of esters is 1. The van der Waals surface area contributed by atoms with E-state index >= 15 is 0 Å². The Morgan fingerprint density at radius 1 is 1.03 bits per heavy atom. The first kappa shape index (κ1) is 22.8. The van der Waals surface area contributed by atoms with Crippen molar-refractivity contribution in [1.82, 2.24) is 5.32 Å². The Hall–Kier alpha value is -2.90. The van der Waals surface area contributed by atoms with Crippen LogP contribution in [0.5, 0.6) is 0 Å². The van der Waals surface area contributed by atoms with Crippen LogP contribution in [0.25, 0.3) is 0 Å². The summed E-state index contributed by atoms with van der Waals surface area (Å²) in [6, 6.07) is 16.0. The first-order valence-corrected chi connectivity index (χ1v) is 10.3. The molecule has 0 unspecified atom stereocenters. The van der Waals surface area contributed by atoms with Crippen molar-refractivity contribution in [2.45, 2.75) is 51.7 Å². The first-order valence-electron chi connectivity index (χ1n) is 10.3. The zero-order valence-corrected chi connectivity index (χ0v) is 18.1. The molecule has 0 radical (unpaired) electrons. The molecule has 1 aliphatic rings. The van der Waals surface area contributed by atoms with Crippen LogP contribution in [0.3, 0.4) is 0 Å². The molecular weight excluding hydrogens is 398 g/mol. The highest BCUT2D eigenvalue weighted by molar-refractivity contribution is 5.81. The minimum absolute atomic E-state index is 0.121. The third-order valence-corrected chi connectivity index (χ3v) is 4.48. The Bertz CT molecular complexity index is 871. The second-order valence-corrected chi connectivity index (χ2v) is 8.31. The number of rotatable bonds is 7. The molecule has 1 saturated heterocycles. The normalized spacial score (nSPS) is 15.3. The lowest BCUT2D eigenvalue weighted by Gasteiger charge is -2.23. The topological polar surface area (TPSA) is 83.1 Å². The highest BCUT2D eigenvalue weighted by Crippen LogP contribution is 2.24. The van der Waals surface area contributed by atoms with Crippen molar-refractivity contribution in [3.8, 4) is 0 Å². The number of benzene rings is 2. The number of carbonyl (C=O) groups excluding carboxylic acids is 2. The number of nitrogens with one attached hydrogen (secondary N) is 1. The van der Waals surface area contributed by atoms with Crippen LogP contribution < -0.4 is 5.32 Å². The van der Waals surface area contributed by atoms with Crippen molar-refractivity contribution in [2.75, 3.05) is 13.2 Å². The van der Waals surface area contributed by atoms with Crippen LogP contribution in [0.2, 0.25) is 0 Å². The largest absolute Gasteiger partial charge is 0.459 e. The third-order valence-electron chi connectivity index (χ3n) is 4.48. The van der Waals surface area contributed by atoms with Crippen LogP contribution in [0, 0.1) is 0 Å². The molecule has 1 heterocycles. The smallest absolute Gasteiger partial charge is 0.408 e. The van der Waals surface area contributed by atoms with Crippen LogP contribution in [0.4, 0.5) is 4.79 Å². The van der Waals surface area contributed by atoms with Gasteiger partial charge in [0.15, 0.2) is 6.29 Å². The van der Waals surface area contributed by atoms with Crippen LogP contribution in [-0.2, 0) is 36.8 Å². The Balaban J connectivity index is 1.70. The van der Waals surface area contributed by atoms with Gasteiger partial charge in [-0.25, -0.2) is 9.59 Å². The highest BCUT2D eigenvalue weighted by Gasteiger charge is 2.27. The zero-order chi connectivity index (χ0) is 22.3. The van der Waals surface area contributed by atoms with Crippen molar-refractivity contribution in [2.24, 2.45) is 0 Å². The van der Waals surface area contributed by atoms with E-state index < -0.39 is 30.0 Å². The fourth-order valence-electron chi connectivity index (χ4n) is 3.13. The molecule has 0 saturated carbocycles. The van der Waals surface area contributed by atoms with Gasteiger partial charge in [0.05, 0.1) is 13.2 Å². The molecule has 7 nitrogen and oxygen atoms in total. The molecule has 1 atom stereocenters. The minimum Gasteiger partial charge on any atom is -0.459 e. The zero-order valence-electron chi connectivity index (χ0n) is 18.1. The van der Waals surface area contributed by atoms with E-state index in [0.717, 1.165) is 16.7 Å². The minimum atomic E-state index is -0.903. The standard InChI is InChI=1S/C24H29NO6/c1-24(2,3)31-23(27)25-20(21(26)30-16-17-8-5-4-6-9-17)15-18-10-7-11-19(14-18)22-28-12-13-29-22/h4-11,14,20,22H,12-13,15-16H2,1-3H3,(H,25,27)/t20-/m0/s1. The molecule has 166 valence electrons. The van der Waals surface area contributed by atoms with Gasteiger partial charge in [0, 0.05) is 12.0 Å². The molecule has 0 aliphatic carbocycles. The van der Waals surface area contributed by atoms with Crippen molar-refractivity contribution in [3.63, 3.8) is 0 Å². The van der Waals surface area contributed by atoms with Gasteiger partial charge in [-0.1, -0.05) is 54.6 Å². The fourth-order valence-corrected chi connectivity index (χ4v) is 3.13. The monoisotopic (exact) mass is 427 g/mol. The third kappa shape index (κ3) is 7.38. The van der Waals surface area contributed by atoms with Gasteiger partial charge >= 0.3 is 12.1 Å². The average Bonchev–Trinajstić information content (AvgIpc) is 3.26. The van der Waals surface area contributed by atoms with Crippen LogP contribution >= 0.6 is 0 Å². The first-order chi connectivity index (χ1) is 14.8. The van der Waals surface area contributed by atoms with Crippen molar-refractivity contribution >= 4 is 12.1 Å². The predicted octanol–water partition coefficient (Wildman–Crippen LogP) is 3.91. The summed E-state index contributed by atoms with van der Waals surface area (Å²) < 4.78 is 21.9. The van der Waals surface area contributed by atoms with Gasteiger partial charge in [0.2, 0.25) is 0 Å². The number of hydrogen-bond donors (Lipinski definition) is 1. The maximum absolute atomic E-state index is 12.8. The second-order valence-electron chi connectivity index (χ2n) is 8.31. The molecule has 2 aromatic rings. The summed E-state index contributed by atoms with van der Waals surface area (Å²) >= 11 is 0. The summed E-state index contributed by atoms with van der Waals surface area (Å²) in [5, 5.41) is 2.65. The molecule has 0 spiro atoms. The molecule has 3 rings (SSSR count). The molecule has 1 fully saturated rings. The molecule has 0 bridgehead atoms. The van der Waals surface area contributed by atoms with E-state index in [-0.39, 0.29) is 13.0 Å². The Labute approximate surface area is 182 Å². The summed E-state index contributed by atoms with van der Waals surface area (Å²) in [6.45, 7) is 6.50. The highest BCUT2D eigenvalue weighted by atomic mass is 16.7. The lowest BCUT2D eigenvalue weighted by atomic mass is 10.0. The van der Waals surface area contributed by atoms with Crippen molar-refractivity contribution in [1.29, 1.82) is 0 Å². The summed E-state index contributed by atoms with van der Waals surface area (Å²) in [5.74, 6) is -0.534. The van der Waals surface area contributed by atoms with Gasteiger partial charge < -0.3 is 24.3 Å². The Kier molecular flexibility index (Phi) is 7.65. The number of carbonyl (C=O) groups is 2. The number of alkyl carbamates (subject to hydrolysis) is 1. The van der Waals surface area contributed by atoms with E-state index in [2.05, 4.69) is 5.32 Å². The van der Waals surface area contributed by atoms with Crippen LogP contribution in [-0.4, -0.2) is 36.9 Å². The Morgan fingerprint density at radius 2 is 1.71 bits per heavy atom. The van der Waals surface area contributed by atoms with E-state index in [1.165, 1.54) is 0 Å². The van der Waals surface area contributed by atoms with E-state index in [1.54, 1.807) is 20.8 Å². The summed E-state index contributed by atoms with van der Waals surface area (Å²) in [7, 11) is 0. The lowest BCUT2D eigenvalue weighted by molar-refractivity contribution is -0.147. The quantitative estimate of drug-likeness (QED) is 0.675. The number of hydrogen-bond acceptors (Lipinski definition) is 6. The molecule has 1 aliphatic heterocycles. The van der Waals surface area contributed by atoms with Gasteiger partial charge in [0.25, 0.3) is 0 Å². The molecule has 1 N–H and O–H groups in total. The fraction of sp³-hybridized carbons (Fsp3) is 0.417. The number of amides is 1. The lowest BCUT2D eigenvalue weighted by Crippen LogP contribution is -2.45. The van der Waals surface area contributed by atoms with Gasteiger partial charge in [0.1, 0.15) is 18.2 Å². The van der Waals surface area contributed by atoms with E-state index in [0.29, 0.717) is 13.2 Å². The molecule has 1 amide bonds. The molecular formula is C24H29NO6. The maximum Gasteiger partial charge on any atom is 0.408 e.